The number of fused-ring (bicyclic) bond motifs is 1. The number of nitrogens with zero attached hydrogens (tertiary/aromatic N) is 4. The number of aliphatic hydroxyl groups excluding tert-OH is 2. The van der Waals surface area contributed by atoms with Gasteiger partial charge in [-0.05, 0) is 87.9 Å². The van der Waals surface area contributed by atoms with Gasteiger partial charge in [-0.2, -0.15) is 0 Å². The number of ether oxygens (including phenoxy) is 3. The first-order valence-corrected chi connectivity index (χ1v) is 24.1. The van der Waals surface area contributed by atoms with Crippen LogP contribution in [0.15, 0.2) is 0 Å². The van der Waals surface area contributed by atoms with Crippen molar-refractivity contribution in [3.63, 3.8) is 0 Å². The molecule has 0 aromatic heterocycles. The summed E-state index contributed by atoms with van der Waals surface area (Å²) in [6.07, 6.45) is -5.35. The lowest BCUT2D eigenvalue weighted by molar-refractivity contribution is -0.170. The van der Waals surface area contributed by atoms with Crippen molar-refractivity contribution in [3.8, 4) is 0 Å². The second-order valence-corrected chi connectivity index (χ2v) is 21.1. The van der Waals surface area contributed by atoms with Gasteiger partial charge in [-0.1, -0.05) is 69.2 Å². The highest BCUT2D eigenvalue weighted by Crippen LogP contribution is 2.38. The highest BCUT2D eigenvalue weighted by Gasteiger charge is 2.55. The van der Waals surface area contributed by atoms with Crippen LogP contribution in [0.5, 0.6) is 0 Å². The number of esters is 3. The molecule has 3 aliphatic rings. The van der Waals surface area contributed by atoms with E-state index in [1.165, 1.54) is 39.9 Å². The maximum atomic E-state index is 14.7. The zero-order chi connectivity index (χ0) is 51.9. The molecule has 6 amide bonds. The van der Waals surface area contributed by atoms with Crippen molar-refractivity contribution in [2.75, 3.05) is 34.3 Å². The number of amides is 6. The maximum Gasteiger partial charge on any atom is 0.332 e. The molecule has 0 aromatic carbocycles. The van der Waals surface area contributed by atoms with Crippen LogP contribution in [-0.4, -0.2) is 178 Å². The average Bonchev–Trinajstić information content (AvgIpc) is 3.93. The van der Waals surface area contributed by atoms with Crippen LogP contribution in [0.2, 0.25) is 0 Å². The summed E-state index contributed by atoms with van der Waals surface area (Å²) in [5.74, 6) is -9.78. The molecule has 1 aliphatic carbocycles. The molecule has 0 bridgehead atoms. The fourth-order valence-corrected chi connectivity index (χ4v) is 8.68. The van der Waals surface area contributed by atoms with E-state index in [9.17, 15) is 53.4 Å². The molecule has 2 heterocycles. The lowest BCUT2D eigenvalue weighted by Crippen LogP contribution is -2.60. The van der Waals surface area contributed by atoms with Gasteiger partial charge in [-0.3, -0.25) is 28.8 Å². The normalized spacial score (nSPS) is 30.1. The van der Waals surface area contributed by atoms with Crippen molar-refractivity contribution in [2.45, 2.75) is 182 Å². The molecule has 0 radical (unpaired) electrons. The number of hydrogen-bond donors (Lipinski definition) is 4. The van der Waals surface area contributed by atoms with Crippen molar-refractivity contribution < 1.29 is 67.6 Å². The van der Waals surface area contributed by atoms with Crippen LogP contribution < -0.4 is 10.6 Å². The van der Waals surface area contributed by atoms with Gasteiger partial charge in [0.05, 0.1) is 6.10 Å². The lowest BCUT2D eigenvalue weighted by atomic mass is 9.96. The Morgan fingerprint density at radius 1 is 0.662 bits per heavy atom. The van der Waals surface area contributed by atoms with Crippen LogP contribution in [0, 0.1) is 35.5 Å². The van der Waals surface area contributed by atoms with Crippen molar-refractivity contribution in [1.82, 2.24) is 30.2 Å². The lowest BCUT2D eigenvalue weighted by Gasteiger charge is -2.38. The number of cyclic esters (lactones) is 3. The highest BCUT2D eigenvalue weighted by atomic mass is 16.6. The molecule has 1 saturated carbocycles. The minimum atomic E-state index is -1.73. The third kappa shape index (κ3) is 14.1. The second-order valence-electron chi connectivity index (χ2n) is 21.1. The summed E-state index contributed by atoms with van der Waals surface area (Å²) in [4.78, 5) is 133. The SMILES string of the molecule is CC(C)CC1OC(=O)C(C)N(C)C(=O)C2CC(C)CN2C(=O)C(C(C)C)OC(=O)C(C(C)O)NC(=O)C(C(C)C)N(C)C(=O)C(CC(C)CO)N(C)C(=O)C(CC(C)C)OC(=O)C2(CC2)NC1=O. The predicted octanol–water partition coefficient (Wildman–Crippen LogP) is 1.41. The van der Waals surface area contributed by atoms with Crippen LogP contribution in [-0.2, 0) is 57.4 Å². The number of hydrogen-bond acceptors (Lipinski definition) is 14. The Hall–Kier alpha value is -4.85. The van der Waals surface area contributed by atoms with Crippen molar-refractivity contribution in [3.05, 3.63) is 0 Å². The molecule has 11 atom stereocenters. The third-order valence-electron chi connectivity index (χ3n) is 13.1. The maximum absolute atomic E-state index is 14.7. The fraction of sp³-hybridized carbons (Fsp3) is 0.812. The van der Waals surface area contributed by atoms with Gasteiger partial charge in [0.25, 0.3) is 17.7 Å². The Morgan fingerprint density at radius 2 is 1.24 bits per heavy atom. The molecule has 20 heteroatoms. The Bertz CT molecular complexity index is 1850. The molecular formula is C48H80N6O14. The van der Waals surface area contributed by atoms with Gasteiger partial charge in [-0.25, -0.2) is 14.4 Å². The first kappa shape index (κ1) is 57.5. The number of rotatable bonds is 10. The van der Waals surface area contributed by atoms with E-state index < -0.39 is 131 Å². The average molecular weight is 965 g/mol. The summed E-state index contributed by atoms with van der Waals surface area (Å²) in [5.41, 5.74) is -1.55. The van der Waals surface area contributed by atoms with Crippen molar-refractivity contribution in [2.24, 2.45) is 35.5 Å². The summed E-state index contributed by atoms with van der Waals surface area (Å²) in [5, 5.41) is 26.2. The number of likely N-dealkylation sites (N-methyl/N-ethyl adjacent to an activating group) is 3. The monoisotopic (exact) mass is 965 g/mol. The molecule has 11 unspecified atom stereocenters. The standard InChI is InChI=1S/C48H80N6O14/c1-24(2)18-34-39(57)50-48(16-17-48)47(65)67-35(19-25(3)4)43(61)52(14)32(21-29(10)23-55)41(59)53(15)37(26(5)6)40(58)49-36(31(12)56)46(64)68-38(27(7)8)44(62)54-22-28(9)20-33(54)42(60)51(13)30(11)45(63)66-34/h24-38,55-56H,16-23H2,1-15H3,(H,49,58)(H,50,57). The summed E-state index contributed by atoms with van der Waals surface area (Å²) in [7, 11) is 4.08. The molecule has 4 N–H and O–H groups in total. The Kier molecular flexibility index (Phi) is 20.4. The second kappa shape index (κ2) is 24.1. The quantitative estimate of drug-likeness (QED) is 0.178. The van der Waals surface area contributed by atoms with Gasteiger partial charge in [0.2, 0.25) is 17.7 Å². The molecule has 68 heavy (non-hydrogen) atoms. The van der Waals surface area contributed by atoms with E-state index in [4.69, 9.17) is 14.2 Å². The molecule has 386 valence electrons. The first-order chi connectivity index (χ1) is 31.5. The van der Waals surface area contributed by atoms with Crippen LogP contribution in [0.3, 0.4) is 0 Å². The zero-order valence-electron chi connectivity index (χ0n) is 42.9. The van der Waals surface area contributed by atoms with E-state index in [0.29, 0.717) is 0 Å². The van der Waals surface area contributed by atoms with Crippen LogP contribution in [0.25, 0.3) is 0 Å². The summed E-state index contributed by atoms with van der Waals surface area (Å²) in [6.45, 7) is 19.7. The fourth-order valence-electron chi connectivity index (χ4n) is 8.68. The number of carbonyl (C=O) groups excluding carboxylic acids is 9. The molecular weight excluding hydrogens is 885 g/mol. The summed E-state index contributed by atoms with van der Waals surface area (Å²) >= 11 is 0. The zero-order valence-corrected chi connectivity index (χ0v) is 42.9. The summed E-state index contributed by atoms with van der Waals surface area (Å²) < 4.78 is 17.5. The molecule has 2 aliphatic heterocycles. The number of carbonyl (C=O) groups is 9. The van der Waals surface area contributed by atoms with Crippen LogP contribution in [0.1, 0.15) is 122 Å². The third-order valence-corrected chi connectivity index (χ3v) is 13.1. The minimum absolute atomic E-state index is 0.0254. The number of nitrogens with one attached hydrogen (secondary N) is 2. The van der Waals surface area contributed by atoms with Gasteiger partial charge in [0, 0.05) is 34.3 Å². The summed E-state index contributed by atoms with van der Waals surface area (Å²) in [6, 6.07) is -6.67. The van der Waals surface area contributed by atoms with E-state index >= 15 is 0 Å². The van der Waals surface area contributed by atoms with E-state index in [2.05, 4.69) is 10.6 Å². The topological polar surface area (TPSA) is 259 Å². The van der Waals surface area contributed by atoms with Crippen LogP contribution >= 0.6 is 0 Å². The van der Waals surface area contributed by atoms with Crippen molar-refractivity contribution >= 4 is 53.4 Å². The van der Waals surface area contributed by atoms with Gasteiger partial charge < -0.3 is 54.7 Å². The van der Waals surface area contributed by atoms with E-state index in [1.54, 1.807) is 34.6 Å². The Morgan fingerprint density at radius 3 is 1.74 bits per heavy atom. The predicted molar refractivity (Wildman–Crippen MR) is 247 cm³/mol. The Balaban J connectivity index is 2.20. The van der Waals surface area contributed by atoms with E-state index in [0.717, 1.165) is 14.7 Å². The van der Waals surface area contributed by atoms with Gasteiger partial charge in [0.15, 0.2) is 24.4 Å². The smallest absolute Gasteiger partial charge is 0.332 e. The molecule has 1 spiro atoms. The largest absolute Gasteiger partial charge is 0.451 e. The molecule has 3 fully saturated rings. The van der Waals surface area contributed by atoms with Crippen molar-refractivity contribution in [1.29, 1.82) is 0 Å². The first-order valence-electron chi connectivity index (χ1n) is 24.1. The van der Waals surface area contributed by atoms with Gasteiger partial charge in [0.1, 0.15) is 29.7 Å². The molecule has 20 nitrogen and oxygen atoms in total. The van der Waals surface area contributed by atoms with Crippen LogP contribution in [0.4, 0.5) is 0 Å². The highest BCUT2D eigenvalue weighted by molar-refractivity contribution is 5.98. The van der Waals surface area contributed by atoms with E-state index in [-0.39, 0.29) is 69.4 Å². The molecule has 0 aromatic rings. The molecule has 3 rings (SSSR count). The van der Waals surface area contributed by atoms with E-state index in [1.807, 2.05) is 34.6 Å². The van der Waals surface area contributed by atoms with Gasteiger partial charge in [-0.15, -0.1) is 0 Å². The number of aliphatic hydroxyl groups is 2. The minimum Gasteiger partial charge on any atom is -0.451 e. The molecule has 2 saturated heterocycles. The Labute approximate surface area is 401 Å². The van der Waals surface area contributed by atoms with Gasteiger partial charge >= 0.3 is 17.9 Å².